The Morgan fingerprint density at radius 3 is 2.71 bits per heavy atom. The van der Waals surface area contributed by atoms with E-state index < -0.39 is 10.0 Å². The number of halogens is 1. The fourth-order valence-corrected chi connectivity index (χ4v) is 3.61. The smallest absolute Gasteiger partial charge is 0.240 e. The molecule has 21 heavy (non-hydrogen) atoms. The summed E-state index contributed by atoms with van der Waals surface area (Å²) in [6, 6.07) is 3.35. The second-order valence-corrected chi connectivity index (χ2v) is 7.72. The first kappa shape index (κ1) is 16.3. The summed E-state index contributed by atoms with van der Waals surface area (Å²) in [5.74, 6) is -0.132. The number of anilines is 1. The van der Waals surface area contributed by atoms with Crippen LogP contribution < -0.4 is 15.8 Å². The fourth-order valence-electron chi connectivity index (χ4n) is 1.86. The van der Waals surface area contributed by atoms with Gasteiger partial charge in [0.15, 0.2) is 0 Å². The number of hydrogen-bond acceptors (Lipinski definition) is 4. The molecule has 0 atom stereocenters. The molecular formula is C13H18BrN3O3S. The van der Waals surface area contributed by atoms with E-state index in [1.54, 1.807) is 13.0 Å². The van der Waals surface area contributed by atoms with Crippen LogP contribution in [-0.2, 0) is 14.8 Å². The van der Waals surface area contributed by atoms with Gasteiger partial charge in [-0.3, -0.25) is 4.79 Å². The number of benzene rings is 1. The number of carbonyl (C=O) groups excluding carboxylic acids is 1. The third kappa shape index (κ3) is 4.42. The molecule has 2 rings (SSSR count). The zero-order chi connectivity index (χ0) is 15.6. The van der Waals surface area contributed by atoms with Gasteiger partial charge in [0.2, 0.25) is 15.9 Å². The van der Waals surface area contributed by atoms with E-state index in [1.165, 1.54) is 6.07 Å². The maximum atomic E-state index is 12.2. The molecule has 0 bridgehead atoms. The number of carbonyl (C=O) groups is 1. The van der Waals surface area contributed by atoms with Gasteiger partial charge in [-0.25, -0.2) is 13.1 Å². The minimum absolute atomic E-state index is 0.0658. The van der Waals surface area contributed by atoms with Crippen molar-refractivity contribution in [2.45, 2.75) is 37.1 Å². The lowest BCUT2D eigenvalue weighted by atomic mass is 10.2. The molecule has 1 fully saturated rings. The fraction of sp³-hybridized carbons (Fsp3) is 0.462. The molecule has 1 aromatic carbocycles. The summed E-state index contributed by atoms with van der Waals surface area (Å²) < 4.78 is 27.5. The van der Waals surface area contributed by atoms with Gasteiger partial charge in [0.05, 0.1) is 4.90 Å². The number of sulfonamides is 1. The molecule has 1 amide bonds. The van der Waals surface area contributed by atoms with Crippen molar-refractivity contribution in [2.24, 2.45) is 0 Å². The standard InChI is InChI=1S/C13H18BrN3O3S/c1-8-6-10(14)11(15)7-12(8)21(19,20)16-5-4-13(18)17-9-2-3-9/h6-7,9,16H,2-5,15H2,1H3,(H,17,18). The average Bonchev–Trinajstić information content (AvgIpc) is 3.17. The molecular weight excluding hydrogens is 358 g/mol. The van der Waals surface area contributed by atoms with Gasteiger partial charge in [-0.15, -0.1) is 0 Å². The van der Waals surface area contributed by atoms with E-state index in [4.69, 9.17) is 5.73 Å². The molecule has 4 N–H and O–H groups in total. The number of nitrogen functional groups attached to an aromatic ring is 1. The number of nitrogens with two attached hydrogens (primary N) is 1. The van der Waals surface area contributed by atoms with Gasteiger partial charge < -0.3 is 11.1 Å². The normalized spacial score (nSPS) is 15.0. The highest BCUT2D eigenvalue weighted by atomic mass is 79.9. The molecule has 1 aliphatic carbocycles. The summed E-state index contributed by atoms with van der Waals surface area (Å²) in [5.41, 5.74) is 6.66. The van der Waals surface area contributed by atoms with Crippen LogP contribution in [-0.4, -0.2) is 26.9 Å². The van der Waals surface area contributed by atoms with Gasteiger partial charge in [-0.2, -0.15) is 0 Å². The summed E-state index contributed by atoms with van der Waals surface area (Å²) in [6.45, 7) is 1.76. The third-order valence-corrected chi connectivity index (χ3v) is 5.46. The van der Waals surface area contributed by atoms with Crippen molar-refractivity contribution in [1.29, 1.82) is 0 Å². The van der Waals surface area contributed by atoms with E-state index in [1.807, 2.05) is 0 Å². The lowest BCUT2D eigenvalue weighted by Crippen LogP contribution is -2.32. The predicted octanol–water partition coefficient (Wildman–Crippen LogP) is 1.29. The molecule has 0 unspecified atom stereocenters. The van der Waals surface area contributed by atoms with E-state index in [0.717, 1.165) is 12.8 Å². The lowest BCUT2D eigenvalue weighted by Gasteiger charge is -2.11. The van der Waals surface area contributed by atoms with E-state index >= 15 is 0 Å². The molecule has 6 nitrogen and oxygen atoms in total. The van der Waals surface area contributed by atoms with Crippen molar-refractivity contribution in [1.82, 2.24) is 10.0 Å². The van der Waals surface area contributed by atoms with Gasteiger partial charge in [-0.05, 0) is 53.4 Å². The maximum absolute atomic E-state index is 12.2. The summed E-state index contributed by atoms with van der Waals surface area (Å²) in [4.78, 5) is 11.6. The highest BCUT2D eigenvalue weighted by Gasteiger charge is 2.23. The van der Waals surface area contributed by atoms with E-state index in [-0.39, 0.29) is 29.8 Å². The van der Waals surface area contributed by atoms with Gasteiger partial charge >= 0.3 is 0 Å². The first-order valence-electron chi connectivity index (χ1n) is 6.64. The topological polar surface area (TPSA) is 101 Å². The van der Waals surface area contributed by atoms with Crippen molar-refractivity contribution < 1.29 is 13.2 Å². The maximum Gasteiger partial charge on any atom is 0.240 e. The zero-order valence-electron chi connectivity index (χ0n) is 11.6. The van der Waals surface area contributed by atoms with Crippen molar-refractivity contribution >= 4 is 37.5 Å². The van der Waals surface area contributed by atoms with Crippen LogP contribution in [0.2, 0.25) is 0 Å². The summed E-state index contributed by atoms with van der Waals surface area (Å²) in [7, 11) is -3.67. The van der Waals surface area contributed by atoms with Crippen molar-refractivity contribution in [2.75, 3.05) is 12.3 Å². The average molecular weight is 376 g/mol. The number of hydrogen-bond donors (Lipinski definition) is 3. The summed E-state index contributed by atoms with van der Waals surface area (Å²) in [5, 5.41) is 2.81. The molecule has 1 saturated carbocycles. The van der Waals surface area contributed by atoms with E-state index in [9.17, 15) is 13.2 Å². The van der Waals surface area contributed by atoms with Crippen LogP contribution in [0.5, 0.6) is 0 Å². The monoisotopic (exact) mass is 375 g/mol. The largest absolute Gasteiger partial charge is 0.398 e. The Hall–Kier alpha value is -1.12. The Morgan fingerprint density at radius 1 is 1.43 bits per heavy atom. The van der Waals surface area contributed by atoms with Crippen LogP contribution in [0.15, 0.2) is 21.5 Å². The molecule has 1 aliphatic rings. The summed E-state index contributed by atoms with van der Waals surface area (Å²) >= 11 is 3.25. The van der Waals surface area contributed by atoms with Crippen LogP contribution in [0.4, 0.5) is 5.69 Å². The SMILES string of the molecule is Cc1cc(Br)c(N)cc1S(=O)(=O)NCCC(=O)NC1CC1. The van der Waals surface area contributed by atoms with Crippen LogP contribution in [0, 0.1) is 6.92 Å². The highest BCUT2D eigenvalue weighted by molar-refractivity contribution is 9.10. The molecule has 0 spiro atoms. The lowest BCUT2D eigenvalue weighted by molar-refractivity contribution is -0.121. The van der Waals surface area contributed by atoms with Crippen LogP contribution in [0.1, 0.15) is 24.8 Å². The predicted molar refractivity (Wildman–Crippen MR) is 84.3 cm³/mol. The second-order valence-electron chi connectivity index (χ2n) is 5.13. The van der Waals surface area contributed by atoms with Gasteiger partial charge in [0, 0.05) is 29.2 Å². The Labute approximate surface area is 132 Å². The van der Waals surface area contributed by atoms with E-state index in [2.05, 4.69) is 26.0 Å². The Balaban J connectivity index is 1.97. The molecule has 1 aromatic rings. The molecule has 0 heterocycles. The molecule has 0 radical (unpaired) electrons. The third-order valence-electron chi connectivity index (χ3n) is 3.17. The van der Waals surface area contributed by atoms with Crippen LogP contribution in [0.25, 0.3) is 0 Å². The Morgan fingerprint density at radius 2 is 2.10 bits per heavy atom. The van der Waals surface area contributed by atoms with Gasteiger partial charge in [0.1, 0.15) is 0 Å². The quantitative estimate of drug-likeness (QED) is 0.651. The second kappa shape index (κ2) is 6.33. The zero-order valence-corrected chi connectivity index (χ0v) is 14.1. The number of nitrogens with one attached hydrogen (secondary N) is 2. The first-order valence-corrected chi connectivity index (χ1v) is 8.92. The van der Waals surface area contributed by atoms with Crippen molar-refractivity contribution in [3.05, 3.63) is 22.2 Å². The van der Waals surface area contributed by atoms with Crippen molar-refractivity contribution in [3.63, 3.8) is 0 Å². The minimum Gasteiger partial charge on any atom is -0.398 e. The Bertz CT molecular complexity index is 657. The molecule has 116 valence electrons. The number of rotatable bonds is 6. The van der Waals surface area contributed by atoms with Crippen LogP contribution >= 0.6 is 15.9 Å². The van der Waals surface area contributed by atoms with E-state index in [0.29, 0.717) is 15.7 Å². The van der Waals surface area contributed by atoms with Crippen molar-refractivity contribution in [3.8, 4) is 0 Å². The van der Waals surface area contributed by atoms with Crippen LogP contribution in [0.3, 0.4) is 0 Å². The molecule has 0 aliphatic heterocycles. The minimum atomic E-state index is -3.67. The molecule has 0 saturated heterocycles. The van der Waals surface area contributed by atoms with Gasteiger partial charge in [-0.1, -0.05) is 0 Å². The highest BCUT2D eigenvalue weighted by Crippen LogP contribution is 2.26. The molecule has 8 heteroatoms. The number of aryl methyl sites for hydroxylation is 1. The Kier molecular flexibility index (Phi) is 4.90. The molecule has 0 aromatic heterocycles. The summed E-state index contributed by atoms with van der Waals surface area (Å²) in [6.07, 6.45) is 2.14. The number of amides is 1. The first-order chi connectivity index (χ1) is 9.79. The van der Waals surface area contributed by atoms with Gasteiger partial charge in [0.25, 0.3) is 0 Å².